The number of nitrogens with one attached hydrogen (secondary N) is 1. The van der Waals surface area contributed by atoms with Crippen molar-refractivity contribution in [2.45, 2.75) is 43.4 Å². The number of amides is 1. The molecule has 118 valence electrons. The molecule has 3 N–H and O–H groups in total. The van der Waals surface area contributed by atoms with Crippen molar-refractivity contribution < 1.29 is 17.9 Å². The van der Waals surface area contributed by atoms with Gasteiger partial charge in [0.25, 0.3) is 0 Å². The molecule has 1 aromatic rings. The molecule has 7 heteroatoms. The Kier molecular flexibility index (Phi) is 5.60. The number of methoxy groups -OCH3 is 1. The number of carbonyl (C=O) groups is 1. The van der Waals surface area contributed by atoms with Gasteiger partial charge in [-0.1, -0.05) is 6.92 Å². The molecule has 21 heavy (non-hydrogen) atoms. The van der Waals surface area contributed by atoms with Gasteiger partial charge in [-0.25, -0.2) is 8.42 Å². The van der Waals surface area contributed by atoms with Gasteiger partial charge in [0, 0.05) is 17.8 Å². The van der Waals surface area contributed by atoms with Crippen LogP contribution in [-0.4, -0.2) is 32.7 Å². The predicted molar refractivity (Wildman–Crippen MR) is 81.9 cm³/mol. The van der Waals surface area contributed by atoms with Gasteiger partial charge in [-0.2, -0.15) is 0 Å². The lowest BCUT2D eigenvalue weighted by molar-refractivity contribution is -0.121. The van der Waals surface area contributed by atoms with Gasteiger partial charge in [0.15, 0.2) is 9.84 Å². The molecule has 1 aromatic carbocycles. The Bertz CT molecular complexity index is 613. The lowest BCUT2D eigenvalue weighted by atomic mass is 10.2. The monoisotopic (exact) mass is 314 g/mol. The average Bonchev–Trinajstić information content (AvgIpc) is 2.45. The quantitative estimate of drug-likeness (QED) is 0.772. The molecule has 2 unspecified atom stereocenters. The normalized spacial score (nSPS) is 14.3. The summed E-state index contributed by atoms with van der Waals surface area (Å²) in [4.78, 5) is 12.0. The molecule has 0 aliphatic carbocycles. The Morgan fingerprint density at radius 1 is 1.38 bits per heavy atom. The molecule has 0 heterocycles. The first kappa shape index (κ1) is 17.3. The van der Waals surface area contributed by atoms with Gasteiger partial charge in [-0.3, -0.25) is 4.79 Å². The molecule has 0 aromatic heterocycles. The topological polar surface area (TPSA) is 98.5 Å². The van der Waals surface area contributed by atoms with E-state index >= 15 is 0 Å². The van der Waals surface area contributed by atoms with Gasteiger partial charge in [-0.15, -0.1) is 0 Å². The molecule has 2 atom stereocenters. The highest BCUT2D eigenvalue weighted by Crippen LogP contribution is 2.29. The smallest absolute Gasteiger partial charge is 0.238 e. The van der Waals surface area contributed by atoms with Crippen LogP contribution in [0.4, 0.5) is 5.69 Å². The van der Waals surface area contributed by atoms with Crippen molar-refractivity contribution in [2.24, 2.45) is 0 Å². The fourth-order valence-electron chi connectivity index (χ4n) is 1.71. The number of nitrogens with two attached hydrogens (primary N) is 1. The minimum absolute atomic E-state index is 0.0361. The standard InChI is InChI=1S/C14H22N2O4S/c1-5-9(2)16-14(17)10(3)21(18,19)13-7-6-11(15)8-12(13)20-4/h6-10H,5,15H2,1-4H3,(H,16,17). The Morgan fingerprint density at radius 2 is 2.00 bits per heavy atom. The molecule has 1 rings (SSSR count). The van der Waals surface area contributed by atoms with E-state index < -0.39 is 21.0 Å². The van der Waals surface area contributed by atoms with E-state index in [9.17, 15) is 13.2 Å². The zero-order valence-corrected chi connectivity index (χ0v) is 13.5. The van der Waals surface area contributed by atoms with E-state index in [1.807, 2.05) is 13.8 Å². The second-order valence-electron chi connectivity index (χ2n) is 4.92. The SMILES string of the molecule is CCC(C)NC(=O)C(C)S(=O)(=O)c1ccc(N)cc1OC. The number of hydrogen-bond donors (Lipinski definition) is 2. The lowest BCUT2D eigenvalue weighted by Gasteiger charge is -2.18. The minimum atomic E-state index is -3.84. The highest BCUT2D eigenvalue weighted by Gasteiger charge is 2.32. The van der Waals surface area contributed by atoms with Crippen molar-refractivity contribution in [1.29, 1.82) is 0 Å². The summed E-state index contributed by atoms with van der Waals surface area (Å²) in [5, 5.41) is 1.47. The summed E-state index contributed by atoms with van der Waals surface area (Å²) in [6, 6.07) is 4.17. The van der Waals surface area contributed by atoms with Crippen LogP contribution in [0.15, 0.2) is 23.1 Å². The fourth-order valence-corrected chi connectivity index (χ4v) is 3.12. The number of carbonyl (C=O) groups excluding carboxylic acids is 1. The first-order valence-corrected chi connectivity index (χ1v) is 8.26. The molecule has 1 amide bonds. The molecule has 0 saturated carbocycles. The van der Waals surface area contributed by atoms with Crippen molar-refractivity contribution in [3.8, 4) is 5.75 Å². The second-order valence-corrected chi connectivity index (χ2v) is 7.15. The second kappa shape index (κ2) is 6.80. The molecule has 0 fully saturated rings. The molecule has 0 spiro atoms. The van der Waals surface area contributed by atoms with Gasteiger partial charge < -0.3 is 15.8 Å². The van der Waals surface area contributed by atoms with Crippen LogP contribution in [0, 0.1) is 0 Å². The van der Waals surface area contributed by atoms with Crippen LogP contribution in [0.3, 0.4) is 0 Å². The Balaban J connectivity index is 3.13. The van der Waals surface area contributed by atoms with Crippen LogP contribution < -0.4 is 15.8 Å². The molecular weight excluding hydrogens is 292 g/mol. The van der Waals surface area contributed by atoms with E-state index in [4.69, 9.17) is 10.5 Å². The van der Waals surface area contributed by atoms with E-state index in [-0.39, 0.29) is 16.7 Å². The molecule has 0 bridgehead atoms. The third-order valence-electron chi connectivity index (χ3n) is 3.33. The Labute approximate surface area is 125 Å². The van der Waals surface area contributed by atoms with Crippen LogP contribution in [-0.2, 0) is 14.6 Å². The molecule has 6 nitrogen and oxygen atoms in total. The van der Waals surface area contributed by atoms with Crippen molar-refractivity contribution >= 4 is 21.4 Å². The zero-order chi connectivity index (χ0) is 16.2. The first-order valence-electron chi connectivity index (χ1n) is 6.71. The van der Waals surface area contributed by atoms with Crippen LogP contribution in [0.5, 0.6) is 5.75 Å². The van der Waals surface area contributed by atoms with Crippen LogP contribution in [0.25, 0.3) is 0 Å². The van der Waals surface area contributed by atoms with Crippen molar-refractivity contribution in [1.82, 2.24) is 5.32 Å². The van der Waals surface area contributed by atoms with Crippen LogP contribution in [0.1, 0.15) is 27.2 Å². The Morgan fingerprint density at radius 3 is 2.52 bits per heavy atom. The summed E-state index contributed by atoms with van der Waals surface area (Å²) in [6.07, 6.45) is 0.726. The number of rotatable bonds is 6. The summed E-state index contributed by atoms with van der Waals surface area (Å²) in [5.41, 5.74) is 6.00. The van der Waals surface area contributed by atoms with Crippen molar-refractivity contribution in [2.75, 3.05) is 12.8 Å². The van der Waals surface area contributed by atoms with Gasteiger partial charge in [-0.05, 0) is 32.4 Å². The average molecular weight is 314 g/mol. The largest absolute Gasteiger partial charge is 0.495 e. The van der Waals surface area contributed by atoms with Crippen LogP contribution >= 0.6 is 0 Å². The molecule has 0 radical (unpaired) electrons. The molecule has 0 saturated heterocycles. The number of sulfone groups is 1. The number of benzene rings is 1. The van der Waals surface area contributed by atoms with Crippen molar-refractivity contribution in [3.63, 3.8) is 0 Å². The minimum Gasteiger partial charge on any atom is -0.495 e. The summed E-state index contributed by atoms with van der Waals surface area (Å²) in [5.74, 6) is -0.388. The van der Waals surface area contributed by atoms with Gasteiger partial charge >= 0.3 is 0 Å². The maximum atomic E-state index is 12.6. The molecule has 0 aliphatic heterocycles. The first-order chi connectivity index (χ1) is 9.73. The highest BCUT2D eigenvalue weighted by molar-refractivity contribution is 7.92. The molecular formula is C14H22N2O4S. The fraction of sp³-hybridized carbons (Fsp3) is 0.500. The maximum absolute atomic E-state index is 12.6. The van der Waals surface area contributed by atoms with E-state index in [2.05, 4.69) is 5.32 Å². The van der Waals surface area contributed by atoms with Gasteiger partial charge in [0.1, 0.15) is 15.9 Å². The third-order valence-corrected chi connectivity index (χ3v) is 5.43. The number of hydrogen-bond acceptors (Lipinski definition) is 5. The van der Waals surface area contributed by atoms with Gasteiger partial charge in [0.05, 0.1) is 7.11 Å². The van der Waals surface area contributed by atoms with E-state index in [0.29, 0.717) is 5.69 Å². The van der Waals surface area contributed by atoms with E-state index in [0.717, 1.165) is 6.42 Å². The maximum Gasteiger partial charge on any atom is 0.238 e. The number of nitrogen functional groups attached to an aromatic ring is 1. The number of ether oxygens (including phenoxy) is 1. The third kappa shape index (κ3) is 3.87. The Hall–Kier alpha value is -1.76. The van der Waals surface area contributed by atoms with E-state index in [1.54, 1.807) is 0 Å². The summed E-state index contributed by atoms with van der Waals surface area (Å²) >= 11 is 0. The van der Waals surface area contributed by atoms with Gasteiger partial charge in [0.2, 0.25) is 5.91 Å². The summed E-state index contributed by atoms with van der Waals surface area (Å²) in [6.45, 7) is 5.09. The summed E-state index contributed by atoms with van der Waals surface area (Å²) in [7, 11) is -2.49. The lowest BCUT2D eigenvalue weighted by Crippen LogP contribution is -2.42. The molecule has 0 aliphatic rings. The number of anilines is 1. The predicted octanol–water partition coefficient (Wildman–Crippen LogP) is 1.35. The zero-order valence-electron chi connectivity index (χ0n) is 12.7. The van der Waals surface area contributed by atoms with E-state index in [1.165, 1.54) is 32.2 Å². The summed E-state index contributed by atoms with van der Waals surface area (Å²) < 4.78 is 30.2. The van der Waals surface area contributed by atoms with Crippen LogP contribution in [0.2, 0.25) is 0 Å². The van der Waals surface area contributed by atoms with Crippen molar-refractivity contribution in [3.05, 3.63) is 18.2 Å². The highest BCUT2D eigenvalue weighted by atomic mass is 32.2.